The number of hydrogen-bond donors (Lipinski definition) is 1. The van der Waals surface area contributed by atoms with Gasteiger partial charge < -0.3 is 5.32 Å². The summed E-state index contributed by atoms with van der Waals surface area (Å²) in [5.74, 6) is 0.504. The molecule has 1 N–H and O–H groups in total. The Morgan fingerprint density at radius 2 is 2.18 bits per heavy atom. The zero-order valence-corrected chi connectivity index (χ0v) is 12.0. The normalized spacial score (nSPS) is 10.4. The van der Waals surface area contributed by atoms with Crippen LogP contribution >= 0.6 is 0 Å². The third kappa shape index (κ3) is 2.98. The molecule has 0 aliphatic heterocycles. The van der Waals surface area contributed by atoms with Gasteiger partial charge in [-0.2, -0.15) is 4.68 Å². The number of nitrogens with one attached hydrogen (secondary N) is 1. The summed E-state index contributed by atoms with van der Waals surface area (Å²) in [5.41, 5.74) is 2.25. The summed E-state index contributed by atoms with van der Waals surface area (Å²) in [7, 11) is 0. The van der Waals surface area contributed by atoms with Gasteiger partial charge >= 0.3 is 0 Å². The molecule has 0 radical (unpaired) electrons. The molecule has 0 aliphatic rings. The lowest BCUT2D eigenvalue weighted by Crippen LogP contribution is -2.23. The predicted octanol–water partition coefficient (Wildman–Crippen LogP) is 1.30. The van der Waals surface area contributed by atoms with Crippen LogP contribution in [0.5, 0.6) is 0 Å². The first-order chi connectivity index (χ1) is 10.7. The molecular weight excluding hydrogens is 280 g/mol. The molecule has 0 saturated carbocycles. The second-order valence-electron chi connectivity index (χ2n) is 4.73. The van der Waals surface area contributed by atoms with E-state index in [1.807, 2.05) is 18.2 Å². The molecule has 22 heavy (non-hydrogen) atoms. The van der Waals surface area contributed by atoms with Crippen molar-refractivity contribution in [2.75, 3.05) is 0 Å². The molecule has 2 heterocycles. The Hall–Kier alpha value is -3.09. The van der Waals surface area contributed by atoms with Crippen LogP contribution in [-0.4, -0.2) is 31.1 Å². The molecule has 2 aromatic heterocycles. The largest absolute Gasteiger partial charge is 0.348 e. The molecule has 0 bridgehead atoms. The lowest BCUT2D eigenvalue weighted by molar-refractivity contribution is 0.0951. The Balaban J connectivity index is 1.75. The average Bonchev–Trinajstić information content (AvgIpc) is 3.00. The molecule has 1 aromatic carbocycles. The van der Waals surface area contributed by atoms with Gasteiger partial charge in [0.25, 0.3) is 5.91 Å². The molecule has 3 aromatic rings. The second-order valence-corrected chi connectivity index (χ2v) is 4.73. The fourth-order valence-corrected chi connectivity index (χ4v) is 2.04. The van der Waals surface area contributed by atoms with E-state index in [1.54, 1.807) is 42.2 Å². The number of amides is 1. The predicted molar refractivity (Wildman–Crippen MR) is 79.3 cm³/mol. The van der Waals surface area contributed by atoms with Crippen molar-refractivity contribution < 1.29 is 4.79 Å². The Morgan fingerprint density at radius 3 is 2.91 bits per heavy atom. The summed E-state index contributed by atoms with van der Waals surface area (Å²) in [6.07, 6.45) is 3.42. The minimum atomic E-state index is -0.156. The summed E-state index contributed by atoms with van der Waals surface area (Å²) < 4.78 is 1.58. The van der Waals surface area contributed by atoms with Crippen LogP contribution in [0, 0.1) is 6.92 Å². The zero-order chi connectivity index (χ0) is 15.4. The molecule has 0 aliphatic carbocycles. The van der Waals surface area contributed by atoms with Crippen molar-refractivity contribution in [2.45, 2.75) is 13.5 Å². The third-order valence-electron chi connectivity index (χ3n) is 3.15. The van der Waals surface area contributed by atoms with Gasteiger partial charge in [-0.05, 0) is 47.2 Å². The molecule has 3 rings (SSSR count). The van der Waals surface area contributed by atoms with E-state index in [4.69, 9.17) is 0 Å². The topological polar surface area (TPSA) is 85.6 Å². The highest BCUT2D eigenvalue weighted by atomic mass is 16.1. The molecular formula is C15H14N6O. The number of benzene rings is 1. The number of carbonyl (C=O) groups is 1. The van der Waals surface area contributed by atoms with Crippen molar-refractivity contribution in [3.05, 3.63) is 65.7 Å². The maximum Gasteiger partial charge on any atom is 0.251 e. The first-order valence-electron chi connectivity index (χ1n) is 6.76. The third-order valence-corrected chi connectivity index (χ3v) is 3.15. The van der Waals surface area contributed by atoms with Crippen molar-refractivity contribution in [2.24, 2.45) is 0 Å². The first kappa shape index (κ1) is 13.9. The van der Waals surface area contributed by atoms with Crippen LogP contribution in [-0.2, 0) is 6.54 Å². The summed E-state index contributed by atoms with van der Waals surface area (Å²) in [5, 5.41) is 14.2. The first-order valence-corrected chi connectivity index (χ1v) is 6.76. The van der Waals surface area contributed by atoms with E-state index < -0.39 is 0 Å². The smallest absolute Gasteiger partial charge is 0.251 e. The van der Waals surface area contributed by atoms with E-state index >= 15 is 0 Å². The quantitative estimate of drug-likeness (QED) is 0.783. The average molecular weight is 294 g/mol. The zero-order valence-electron chi connectivity index (χ0n) is 12.0. The molecule has 0 spiro atoms. The molecule has 1 amide bonds. The fourth-order valence-electron chi connectivity index (χ4n) is 2.04. The SMILES string of the molecule is Cc1nnnn1-c1cccc(C(=O)NCc2cccnc2)c1. The highest BCUT2D eigenvalue weighted by Crippen LogP contribution is 2.10. The number of aryl methyl sites for hydroxylation is 1. The Labute approximate surface area is 127 Å². The summed E-state index contributed by atoms with van der Waals surface area (Å²) >= 11 is 0. The molecule has 7 heteroatoms. The minimum absolute atomic E-state index is 0.156. The highest BCUT2D eigenvalue weighted by molar-refractivity contribution is 5.94. The Morgan fingerprint density at radius 1 is 1.27 bits per heavy atom. The van der Waals surface area contributed by atoms with Gasteiger partial charge in [-0.3, -0.25) is 9.78 Å². The molecule has 0 unspecified atom stereocenters. The standard InChI is InChI=1S/C15H14N6O/c1-11-18-19-20-21(11)14-6-2-5-13(8-14)15(22)17-10-12-4-3-7-16-9-12/h2-9H,10H2,1H3,(H,17,22). The Bertz CT molecular complexity index is 783. The fraction of sp³-hybridized carbons (Fsp3) is 0.133. The van der Waals surface area contributed by atoms with Gasteiger partial charge in [0.1, 0.15) is 0 Å². The highest BCUT2D eigenvalue weighted by Gasteiger charge is 2.09. The van der Waals surface area contributed by atoms with Gasteiger partial charge in [0.05, 0.1) is 5.69 Å². The maximum atomic E-state index is 12.2. The van der Waals surface area contributed by atoms with Crippen LogP contribution in [0.25, 0.3) is 5.69 Å². The van der Waals surface area contributed by atoms with Crippen LogP contribution in [0.1, 0.15) is 21.7 Å². The summed E-state index contributed by atoms with van der Waals surface area (Å²) in [6, 6.07) is 10.9. The minimum Gasteiger partial charge on any atom is -0.348 e. The van der Waals surface area contributed by atoms with E-state index in [-0.39, 0.29) is 5.91 Å². The number of carbonyl (C=O) groups excluding carboxylic acids is 1. The van der Waals surface area contributed by atoms with E-state index in [0.717, 1.165) is 11.3 Å². The number of rotatable bonds is 4. The van der Waals surface area contributed by atoms with Crippen LogP contribution < -0.4 is 5.32 Å². The van der Waals surface area contributed by atoms with Gasteiger partial charge in [0.15, 0.2) is 5.82 Å². The van der Waals surface area contributed by atoms with Crippen molar-refractivity contribution in [1.29, 1.82) is 0 Å². The number of nitrogens with zero attached hydrogens (tertiary/aromatic N) is 5. The van der Waals surface area contributed by atoms with Gasteiger partial charge in [-0.15, -0.1) is 5.10 Å². The van der Waals surface area contributed by atoms with E-state index in [2.05, 4.69) is 25.8 Å². The number of tetrazole rings is 1. The van der Waals surface area contributed by atoms with Gasteiger partial charge in [0.2, 0.25) is 0 Å². The summed E-state index contributed by atoms with van der Waals surface area (Å²) in [4.78, 5) is 16.2. The lowest BCUT2D eigenvalue weighted by Gasteiger charge is -2.07. The van der Waals surface area contributed by atoms with Crippen LogP contribution in [0.4, 0.5) is 0 Å². The lowest BCUT2D eigenvalue weighted by atomic mass is 10.2. The number of pyridine rings is 1. The van der Waals surface area contributed by atoms with Crippen molar-refractivity contribution in [3.63, 3.8) is 0 Å². The van der Waals surface area contributed by atoms with E-state index in [9.17, 15) is 4.79 Å². The van der Waals surface area contributed by atoms with Crippen molar-refractivity contribution >= 4 is 5.91 Å². The maximum absolute atomic E-state index is 12.2. The number of hydrogen-bond acceptors (Lipinski definition) is 5. The second kappa shape index (κ2) is 6.13. The molecule has 110 valence electrons. The van der Waals surface area contributed by atoms with Crippen LogP contribution in [0.3, 0.4) is 0 Å². The monoisotopic (exact) mass is 294 g/mol. The molecule has 0 atom stereocenters. The molecule has 7 nitrogen and oxygen atoms in total. The van der Waals surface area contributed by atoms with Crippen LogP contribution in [0.15, 0.2) is 48.8 Å². The molecule has 0 fully saturated rings. The summed E-state index contributed by atoms with van der Waals surface area (Å²) in [6.45, 7) is 2.23. The van der Waals surface area contributed by atoms with Crippen molar-refractivity contribution in [3.8, 4) is 5.69 Å². The Kier molecular flexibility index (Phi) is 3.86. The van der Waals surface area contributed by atoms with Crippen LogP contribution in [0.2, 0.25) is 0 Å². The van der Waals surface area contributed by atoms with E-state index in [1.165, 1.54) is 0 Å². The van der Waals surface area contributed by atoms with E-state index in [0.29, 0.717) is 17.9 Å². The number of aromatic nitrogens is 5. The van der Waals surface area contributed by atoms with Crippen molar-refractivity contribution in [1.82, 2.24) is 30.5 Å². The van der Waals surface area contributed by atoms with Gasteiger partial charge in [0, 0.05) is 24.5 Å². The van der Waals surface area contributed by atoms with Gasteiger partial charge in [-0.25, -0.2) is 0 Å². The molecule has 0 saturated heterocycles. The van der Waals surface area contributed by atoms with Gasteiger partial charge in [-0.1, -0.05) is 12.1 Å².